The average Bonchev–Trinajstić information content (AvgIpc) is 3.18. The van der Waals surface area contributed by atoms with E-state index in [9.17, 15) is 13.6 Å². The third-order valence-electron chi connectivity index (χ3n) is 6.92. The van der Waals surface area contributed by atoms with Gasteiger partial charge in [0.15, 0.2) is 0 Å². The lowest BCUT2D eigenvalue weighted by molar-refractivity contribution is 0.0686. The third-order valence-corrected chi connectivity index (χ3v) is 6.92. The molecule has 5 rings (SSSR count). The Bertz CT molecular complexity index is 1210. The largest absolute Gasteiger partial charge is 0.381 e. The zero-order valence-corrected chi connectivity index (χ0v) is 19.2. The highest BCUT2D eigenvalue weighted by molar-refractivity contribution is 5.59. The lowest BCUT2D eigenvalue weighted by Gasteiger charge is -2.26. The molecule has 180 valence electrons. The maximum atomic E-state index is 14.8. The van der Waals surface area contributed by atoms with Gasteiger partial charge < -0.3 is 10.1 Å². The fourth-order valence-electron chi connectivity index (χ4n) is 4.92. The van der Waals surface area contributed by atoms with Crippen LogP contribution in [-0.2, 0) is 4.74 Å². The number of nitrogens with zero attached hydrogens (tertiary/aromatic N) is 4. The van der Waals surface area contributed by atoms with Gasteiger partial charge in [0.2, 0.25) is 5.95 Å². The quantitative estimate of drug-likeness (QED) is 0.586. The van der Waals surface area contributed by atoms with Gasteiger partial charge in [-0.25, -0.2) is 23.5 Å². The van der Waals surface area contributed by atoms with Crippen molar-refractivity contribution in [2.75, 3.05) is 18.5 Å². The summed E-state index contributed by atoms with van der Waals surface area (Å²) in [5, 5.41) is 3.42. The van der Waals surface area contributed by atoms with Crippen LogP contribution in [0.5, 0.6) is 0 Å². The minimum absolute atomic E-state index is 0.0124. The van der Waals surface area contributed by atoms with Crippen LogP contribution in [0, 0.1) is 17.6 Å². The molecule has 34 heavy (non-hydrogen) atoms. The summed E-state index contributed by atoms with van der Waals surface area (Å²) < 4.78 is 36.8. The number of hydrogen-bond acceptors (Lipinski definition) is 5. The first-order valence-corrected chi connectivity index (χ1v) is 12.0. The van der Waals surface area contributed by atoms with Crippen LogP contribution in [0.3, 0.4) is 0 Å². The molecule has 1 aliphatic heterocycles. The number of ether oxygens (including phenoxy) is 1. The number of nitrogens with one attached hydrogen (secondary N) is 1. The van der Waals surface area contributed by atoms with Crippen molar-refractivity contribution >= 4 is 5.95 Å². The van der Waals surface area contributed by atoms with E-state index in [1.54, 1.807) is 23.0 Å². The summed E-state index contributed by atoms with van der Waals surface area (Å²) in [5.74, 6) is -0.295. The number of anilines is 1. The Morgan fingerprint density at radius 3 is 2.56 bits per heavy atom. The van der Waals surface area contributed by atoms with Crippen LogP contribution < -0.4 is 11.0 Å². The number of rotatable bonds is 5. The van der Waals surface area contributed by atoms with Gasteiger partial charge in [0.1, 0.15) is 11.6 Å². The van der Waals surface area contributed by atoms with Crippen molar-refractivity contribution < 1.29 is 13.5 Å². The number of hydrogen-bond donors (Lipinski definition) is 1. The predicted molar refractivity (Wildman–Crippen MR) is 125 cm³/mol. The molecule has 1 N–H and O–H groups in total. The summed E-state index contributed by atoms with van der Waals surface area (Å²) in [5.41, 5.74) is 0.529. The van der Waals surface area contributed by atoms with E-state index in [2.05, 4.69) is 22.2 Å². The van der Waals surface area contributed by atoms with E-state index in [4.69, 9.17) is 4.74 Å². The molecule has 0 radical (unpaired) electrons. The number of aromatic nitrogens is 4. The Kier molecular flexibility index (Phi) is 6.45. The van der Waals surface area contributed by atoms with Crippen LogP contribution in [0.2, 0.25) is 0 Å². The molecule has 9 heteroatoms. The van der Waals surface area contributed by atoms with E-state index in [0.29, 0.717) is 49.4 Å². The Labute approximate surface area is 196 Å². The van der Waals surface area contributed by atoms with Crippen molar-refractivity contribution in [3.63, 3.8) is 0 Å². The molecule has 3 heterocycles. The van der Waals surface area contributed by atoms with Crippen molar-refractivity contribution in [1.29, 1.82) is 0 Å². The number of benzene rings is 1. The Morgan fingerprint density at radius 2 is 1.82 bits per heavy atom. The highest BCUT2D eigenvalue weighted by Crippen LogP contribution is 2.28. The van der Waals surface area contributed by atoms with Gasteiger partial charge in [-0.3, -0.25) is 9.13 Å². The van der Waals surface area contributed by atoms with Crippen molar-refractivity contribution in [3.8, 4) is 17.1 Å². The van der Waals surface area contributed by atoms with Crippen molar-refractivity contribution in [1.82, 2.24) is 19.1 Å². The molecule has 0 spiro atoms. The summed E-state index contributed by atoms with van der Waals surface area (Å²) in [6, 6.07) is 5.16. The SMILES string of the molecule is CC1CCC(Nc2nccc(-c3cn(C4CCOCC4)c(=O)n3-c3ccc(F)cc3F)n2)CC1. The number of halogens is 2. The molecule has 0 amide bonds. The molecule has 7 nitrogen and oxygen atoms in total. The molecular formula is C25H29F2N5O2. The van der Waals surface area contributed by atoms with Crippen LogP contribution in [0.1, 0.15) is 51.5 Å². The molecular weight excluding hydrogens is 440 g/mol. The van der Waals surface area contributed by atoms with Crippen molar-refractivity contribution in [2.45, 2.75) is 57.5 Å². The normalized spacial score (nSPS) is 21.5. The maximum Gasteiger partial charge on any atom is 0.333 e. The second-order valence-electron chi connectivity index (χ2n) is 9.35. The average molecular weight is 470 g/mol. The molecule has 2 aliphatic rings. The Balaban J connectivity index is 1.55. The van der Waals surface area contributed by atoms with Crippen molar-refractivity contribution in [3.05, 3.63) is 58.8 Å². The number of imidazole rings is 1. The summed E-state index contributed by atoms with van der Waals surface area (Å²) in [4.78, 5) is 22.5. The molecule has 0 unspecified atom stereocenters. The summed E-state index contributed by atoms with van der Waals surface area (Å²) >= 11 is 0. The van der Waals surface area contributed by atoms with Gasteiger partial charge in [-0.2, -0.15) is 0 Å². The minimum Gasteiger partial charge on any atom is -0.381 e. The molecule has 0 bridgehead atoms. The molecule has 1 saturated carbocycles. The maximum absolute atomic E-state index is 14.8. The van der Waals surface area contributed by atoms with E-state index >= 15 is 0 Å². The smallest absolute Gasteiger partial charge is 0.333 e. The lowest BCUT2D eigenvalue weighted by atomic mass is 9.87. The third kappa shape index (κ3) is 4.61. The molecule has 1 aliphatic carbocycles. The zero-order valence-electron chi connectivity index (χ0n) is 19.2. The van der Waals surface area contributed by atoms with Crippen LogP contribution in [-0.4, -0.2) is 38.4 Å². The first kappa shape index (κ1) is 22.7. The van der Waals surface area contributed by atoms with E-state index in [1.807, 2.05) is 0 Å². The van der Waals surface area contributed by atoms with Crippen LogP contribution in [0.4, 0.5) is 14.7 Å². The van der Waals surface area contributed by atoms with Gasteiger partial charge in [0.05, 0.1) is 17.1 Å². The Hall–Kier alpha value is -3.07. The second kappa shape index (κ2) is 9.66. The molecule has 2 fully saturated rings. The standard InChI is InChI=1S/C25H29F2N5O2/c1-16-2-5-18(6-3-16)29-24-28-11-8-21(30-24)23-15-31(19-9-12-34-13-10-19)25(33)32(23)22-7-4-17(26)14-20(22)27/h4,7-8,11,14-16,18-19H,2-3,5-6,9-10,12-13H2,1H3,(H,28,29,30). The highest BCUT2D eigenvalue weighted by atomic mass is 19.1. The lowest BCUT2D eigenvalue weighted by Crippen LogP contribution is -2.30. The van der Waals surface area contributed by atoms with Crippen LogP contribution in [0.25, 0.3) is 17.1 Å². The molecule has 1 aromatic carbocycles. The van der Waals surface area contributed by atoms with Crippen LogP contribution in [0.15, 0.2) is 41.5 Å². The molecule has 2 aromatic heterocycles. The van der Waals surface area contributed by atoms with E-state index in [0.717, 1.165) is 43.7 Å². The molecule has 1 saturated heterocycles. The summed E-state index contributed by atoms with van der Waals surface area (Å²) in [6.07, 6.45) is 9.16. The van der Waals surface area contributed by atoms with Crippen molar-refractivity contribution in [2.24, 2.45) is 5.92 Å². The van der Waals surface area contributed by atoms with Gasteiger partial charge in [0, 0.05) is 43.8 Å². The highest BCUT2D eigenvalue weighted by Gasteiger charge is 2.25. The fourth-order valence-corrected chi connectivity index (χ4v) is 4.92. The molecule has 3 aromatic rings. The van der Waals surface area contributed by atoms with E-state index in [-0.39, 0.29) is 17.4 Å². The van der Waals surface area contributed by atoms with Crippen LogP contribution >= 0.6 is 0 Å². The van der Waals surface area contributed by atoms with Gasteiger partial charge in [-0.15, -0.1) is 0 Å². The van der Waals surface area contributed by atoms with E-state index < -0.39 is 11.6 Å². The van der Waals surface area contributed by atoms with E-state index in [1.165, 1.54) is 10.6 Å². The first-order valence-electron chi connectivity index (χ1n) is 12.0. The monoisotopic (exact) mass is 469 g/mol. The zero-order chi connectivity index (χ0) is 23.7. The Morgan fingerprint density at radius 1 is 1.06 bits per heavy atom. The summed E-state index contributed by atoms with van der Waals surface area (Å²) in [6.45, 7) is 3.39. The van der Waals surface area contributed by atoms with Gasteiger partial charge in [-0.1, -0.05) is 6.92 Å². The second-order valence-corrected chi connectivity index (χ2v) is 9.35. The fraction of sp³-hybridized carbons (Fsp3) is 0.480. The first-order chi connectivity index (χ1) is 16.5. The topological polar surface area (TPSA) is 74.0 Å². The van der Waals surface area contributed by atoms with Gasteiger partial charge >= 0.3 is 5.69 Å². The minimum atomic E-state index is -0.809. The van der Waals surface area contributed by atoms with Gasteiger partial charge in [0.25, 0.3) is 0 Å². The molecule has 0 atom stereocenters. The summed E-state index contributed by atoms with van der Waals surface area (Å²) in [7, 11) is 0. The predicted octanol–water partition coefficient (Wildman–Crippen LogP) is 4.72. The van der Waals surface area contributed by atoms with Gasteiger partial charge in [-0.05, 0) is 62.6 Å².